The third-order valence-corrected chi connectivity index (χ3v) is 4.76. The van der Waals surface area contributed by atoms with E-state index in [-0.39, 0.29) is 22.6 Å². The fourth-order valence-corrected chi connectivity index (χ4v) is 3.36. The summed E-state index contributed by atoms with van der Waals surface area (Å²) in [5.74, 6) is 0.549. The number of benzene rings is 1. The monoisotopic (exact) mass is 371 g/mol. The van der Waals surface area contributed by atoms with Crippen molar-refractivity contribution in [2.45, 2.75) is 6.42 Å². The molecule has 6 nitrogen and oxygen atoms in total. The van der Waals surface area contributed by atoms with E-state index >= 15 is 0 Å². The molecular weight excluding hydrogens is 362 g/mol. The predicted octanol–water partition coefficient (Wildman–Crippen LogP) is 1.90. The fraction of sp³-hybridized carbons (Fsp3) is 0.0588. The van der Waals surface area contributed by atoms with Gasteiger partial charge in [0.25, 0.3) is 11.1 Å². The van der Waals surface area contributed by atoms with E-state index in [9.17, 15) is 9.59 Å². The number of hydrogen-bond donors (Lipinski definition) is 0. The van der Waals surface area contributed by atoms with Gasteiger partial charge in [0.05, 0.1) is 6.26 Å². The van der Waals surface area contributed by atoms with E-state index in [0.717, 1.165) is 21.4 Å². The van der Waals surface area contributed by atoms with Gasteiger partial charge in [0, 0.05) is 17.5 Å². The predicted molar refractivity (Wildman–Crippen MR) is 95.2 cm³/mol. The molecule has 25 heavy (non-hydrogen) atoms. The van der Waals surface area contributed by atoms with Crippen LogP contribution in [0.1, 0.15) is 17.0 Å². The Morgan fingerprint density at radius 3 is 2.72 bits per heavy atom. The summed E-state index contributed by atoms with van der Waals surface area (Å²) < 4.78 is 6.77. The number of fused-ring (bicyclic) bond motifs is 1. The van der Waals surface area contributed by atoms with Crippen molar-refractivity contribution in [2.24, 2.45) is 0 Å². The van der Waals surface area contributed by atoms with Crippen LogP contribution in [-0.2, 0) is 6.42 Å². The molecule has 0 unspecified atom stereocenters. The number of aromatic nitrogens is 3. The highest BCUT2D eigenvalue weighted by molar-refractivity contribution is 7.15. The van der Waals surface area contributed by atoms with Crippen LogP contribution < -0.4 is 15.7 Å². The molecule has 0 fully saturated rings. The second kappa shape index (κ2) is 6.27. The second-order valence-corrected chi connectivity index (χ2v) is 6.74. The van der Waals surface area contributed by atoms with Crippen molar-refractivity contribution in [1.29, 1.82) is 0 Å². The van der Waals surface area contributed by atoms with Crippen molar-refractivity contribution in [1.82, 2.24) is 14.6 Å². The van der Waals surface area contributed by atoms with Crippen molar-refractivity contribution in [3.8, 4) is 0 Å². The van der Waals surface area contributed by atoms with Crippen LogP contribution in [0.3, 0.4) is 0 Å². The lowest BCUT2D eigenvalue weighted by Crippen LogP contribution is -2.28. The summed E-state index contributed by atoms with van der Waals surface area (Å²) in [6, 6.07) is 10.6. The van der Waals surface area contributed by atoms with E-state index in [1.165, 1.54) is 6.26 Å². The Kier molecular flexibility index (Phi) is 3.95. The third kappa shape index (κ3) is 3.11. The molecule has 3 heterocycles. The van der Waals surface area contributed by atoms with Gasteiger partial charge in [0.1, 0.15) is 16.0 Å². The highest BCUT2D eigenvalue weighted by Crippen LogP contribution is 2.11. The summed E-state index contributed by atoms with van der Waals surface area (Å²) in [5, 5.41) is 4.81. The quantitative estimate of drug-likeness (QED) is 0.549. The SMILES string of the molecule is O=c1nc2s/c(=C\c3ccco3)c(=O)n2nc1Cc1ccc(Cl)cc1. The molecular formula is C17H10ClN3O3S. The van der Waals surface area contributed by atoms with Gasteiger partial charge in [-0.2, -0.15) is 14.6 Å². The molecule has 0 spiro atoms. The van der Waals surface area contributed by atoms with Gasteiger partial charge < -0.3 is 4.42 Å². The number of thiazole rings is 1. The first-order valence-corrected chi connectivity index (χ1v) is 8.52. The van der Waals surface area contributed by atoms with Crippen LogP contribution in [0.15, 0.2) is 56.7 Å². The lowest BCUT2D eigenvalue weighted by Gasteiger charge is -2.00. The van der Waals surface area contributed by atoms with E-state index in [4.69, 9.17) is 16.0 Å². The standard InChI is InChI=1S/C17H10ClN3O3S/c18-11-5-3-10(4-6-11)8-13-15(22)19-17-21(20-13)16(23)14(25-17)9-12-2-1-7-24-12/h1-7,9H,8H2/b14-9-. The number of rotatable bonds is 3. The molecule has 0 aliphatic heterocycles. The minimum absolute atomic E-state index is 0.208. The maximum Gasteiger partial charge on any atom is 0.296 e. The van der Waals surface area contributed by atoms with Crippen LogP contribution in [0.5, 0.6) is 0 Å². The zero-order valence-corrected chi connectivity index (χ0v) is 14.3. The van der Waals surface area contributed by atoms with E-state index in [1.807, 2.05) is 0 Å². The van der Waals surface area contributed by atoms with Gasteiger partial charge in [-0.15, -0.1) is 0 Å². The van der Waals surface area contributed by atoms with Crippen LogP contribution >= 0.6 is 22.9 Å². The molecule has 0 atom stereocenters. The van der Waals surface area contributed by atoms with Crippen LogP contribution in [0.2, 0.25) is 5.02 Å². The number of furan rings is 1. The van der Waals surface area contributed by atoms with Crippen molar-refractivity contribution >= 4 is 34.0 Å². The molecule has 8 heteroatoms. The summed E-state index contributed by atoms with van der Waals surface area (Å²) >= 11 is 6.96. The minimum atomic E-state index is -0.444. The van der Waals surface area contributed by atoms with Crippen molar-refractivity contribution in [2.75, 3.05) is 0 Å². The van der Waals surface area contributed by atoms with E-state index in [0.29, 0.717) is 15.3 Å². The van der Waals surface area contributed by atoms with Gasteiger partial charge in [-0.05, 0) is 29.8 Å². The Morgan fingerprint density at radius 1 is 1.20 bits per heavy atom. The Morgan fingerprint density at radius 2 is 2.00 bits per heavy atom. The topological polar surface area (TPSA) is 77.5 Å². The zero-order valence-electron chi connectivity index (χ0n) is 12.7. The largest absolute Gasteiger partial charge is 0.465 e. The van der Waals surface area contributed by atoms with Gasteiger partial charge in [-0.1, -0.05) is 35.1 Å². The maximum atomic E-state index is 12.5. The van der Waals surface area contributed by atoms with Gasteiger partial charge in [-0.3, -0.25) is 9.59 Å². The summed E-state index contributed by atoms with van der Waals surface area (Å²) in [6.45, 7) is 0. The van der Waals surface area contributed by atoms with E-state index < -0.39 is 5.56 Å². The molecule has 0 aliphatic carbocycles. The lowest BCUT2D eigenvalue weighted by molar-refractivity contribution is 0.556. The lowest BCUT2D eigenvalue weighted by atomic mass is 10.1. The Labute approximate surface area is 149 Å². The van der Waals surface area contributed by atoms with E-state index in [2.05, 4.69) is 10.1 Å². The number of nitrogens with zero attached hydrogens (tertiary/aromatic N) is 3. The first kappa shape index (κ1) is 15.7. The molecule has 0 N–H and O–H groups in total. The Hall–Kier alpha value is -2.77. The van der Waals surface area contributed by atoms with Gasteiger partial charge in [-0.25, -0.2) is 0 Å². The van der Waals surface area contributed by atoms with Crippen molar-refractivity contribution in [3.63, 3.8) is 0 Å². The minimum Gasteiger partial charge on any atom is -0.465 e. The summed E-state index contributed by atoms with van der Waals surface area (Å²) in [5.41, 5.74) is 0.294. The van der Waals surface area contributed by atoms with Crippen LogP contribution in [-0.4, -0.2) is 14.6 Å². The molecule has 0 aliphatic rings. The van der Waals surface area contributed by atoms with Gasteiger partial charge >= 0.3 is 0 Å². The highest BCUT2D eigenvalue weighted by Gasteiger charge is 2.12. The number of halogens is 1. The first-order chi connectivity index (χ1) is 12.1. The summed E-state index contributed by atoms with van der Waals surface area (Å²) in [7, 11) is 0. The molecule has 0 saturated carbocycles. The average molecular weight is 372 g/mol. The summed E-state index contributed by atoms with van der Waals surface area (Å²) in [4.78, 5) is 28.9. The molecule has 124 valence electrons. The number of hydrogen-bond acceptors (Lipinski definition) is 6. The molecule has 0 saturated heterocycles. The van der Waals surface area contributed by atoms with Gasteiger partial charge in [0.15, 0.2) is 0 Å². The Balaban J connectivity index is 1.81. The normalized spacial score (nSPS) is 12.1. The summed E-state index contributed by atoms with van der Waals surface area (Å²) in [6.07, 6.45) is 3.40. The molecule has 0 amide bonds. The highest BCUT2D eigenvalue weighted by atomic mass is 35.5. The zero-order chi connectivity index (χ0) is 17.4. The first-order valence-electron chi connectivity index (χ1n) is 7.32. The fourth-order valence-electron chi connectivity index (χ4n) is 2.35. The molecule has 4 rings (SSSR count). The Bertz CT molecular complexity index is 1210. The van der Waals surface area contributed by atoms with Crippen LogP contribution in [0, 0.1) is 0 Å². The third-order valence-electron chi connectivity index (χ3n) is 3.55. The van der Waals surface area contributed by atoms with Crippen molar-refractivity contribution in [3.05, 3.63) is 89.9 Å². The average Bonchev–Trinajstić information content (AvgIpc) is 3.20. The van der Waals surface area contributed by atoms with Crippen LogP contribution in [0.4, 0.5) is 0 Å². The second-order valence-electron chi connectivity index (χ2n) is 5.29. The van der Waals surface area contributed by atoms with E-state index in [1.54, 1.807) is 42.5 Å². The molecule has 0 radical (unpaired) electrons. The van der Waals surface area contributed by atoms with Gasteiger partial charge in [0.2, 0.25) is 4.96 Å². The molecule has 4 aromatic rings. The van der Waals surface area contributed by atoms with Crippen molar-refractivity contribution < 1.29 is 4.42 Å². The maximum absolute atomic E-state index is 12.5. The molecule has 3 aromatic heterocycles. The van der Waals surface area contributed by atoms with Crippen LogP contribution in [0.25, 0.3) is 11.0 Å². The molecule has 1 aromatic carbocycles. The smallest absolute Gasteiger partial charge is 0.296 e. The molecule has 0 bridgehead atoms.